The van der Waals surface area contributed by atoms with Crippen LogP contribution in [0.15, 0.2) is 76.6 Å². The molecule has 4 rings (SSSR count). The second-order valence-corrected chi connectivity index (χ2v) is 10.9. The summed E-state index contributed by atoms with van der Waals surface area (Å²) in [5.74, 6) is -1.02. The number of anilines is 1. The molecule has 1 aromatic heterocycles. The lowest BCUT2D eigenvalue weighted by atomic mass is 10.2. The molecule has 0 atom stereocenters. The van der Waals surface area contributed by atoms with Crippen molar-refractivity contribution in [2.24, 2.45) is 4.99 Å². The number of amides is 1. The third-order valence-electron chi connectivity index (χ3n) is 5.11. The highest BCUT2D eigenvalue weighted by atomic mass is 35.5. The summed E-state index contributed by atoms with van der Waals surface area (Å²) in [4.78, 5) is 29.9. The van der Waals surface area contributed by atoms with Crippen LogP contribution in [0.4, 0.5) is 5.69 Å². The molecule has 0 saturated carbocycles. The first-order valence-electron chi connectivity index (χ1n) is 10.9. The summed E-state index contributed by atoms with van der Waals surface area (Å²) in [6, 6.07) is 17.5. The molecule has 0 spiro atoms. The average Bonchev–Trinajstić information content (AvgIpc) is 3.15. The molecule has 0 bridgehead atoms. The van der Waals surface area contributed by atoms with Gasteiger partial charge in [-0.1, -0.05) is 35.1 Å². The number of esters is 1. The van der Waals surface area contributed by atoms with Crippen molar-refractivity contribution >= 4 is 60.7 Å². The monoisotopic (exact) mass is 543 g/mol. The number of sulfonamides is 1. The summed E-state index contributed by atoms with van der Waals surface area (Å²) in [7, 11) is -3.88. The van der Waals surface area contributed by atoms with Crippen molar-refractivity contribution in [2.45, 2.75) is 25.3 Å². The van der Waals surface area contributed by atoms with Crippen LogP contribution in [0, 0.1) is 6.92 Å². The van der Waals surface area contributed by atoms with Crippen LogP contribution >= 0.6 is 22.9 Å². The van der Waals surface area contributed by atoms with E-state index < -0.39 is 21.9 Å². The van der Waals surface area contributed by atoms with Gasteiger partial charge in [0.25, 0.3) is 15.9 Å². The molecule has 0 unspecified atom stereocenters. The lowest BCUT2D eigenvalue weighted by molar-refractivity contribution is -0.143. The van der Waals surface area contributed by atoms with Crippen LogP contribution in [0.5, 0.6) is 0 Å². The van der Waals surface area contributed by atoms with E-state index in [2.05, 4.69) is 9.71 Å². The molecule has 1 heterocycles. The van der Waals surface area contributed by atoms with E-state index >= 15 is 0 Å². The lowest BCUT2D eigenvalue weighted by Gasteiger charge is -2.09. The molecular weight excluding hydrogens is 522 g/mol. The minimum Gasteiger partial charge on any atom is -0.465 e. The van der Waals surface area contributed by atoms with Gasteiger partial charge in [-0.25, -0.2) is 8.42 Å². The van der Waals surface area contributed by atoms with Gasteiger partial charge in [-0.3, -0.25) is 14.3 Å². The normalized spacial score (nSPS) is 12.0. The molecule has 4 aromatic rings. The third-order valence-corrected chi connectivity index (χ3v) is 7.80. The number of benzene rings is 3. The predicted octanol–water partition coefficient (Wildman–Crippen LogP) is 4.77. The van der Waals surface area contributed by atoms with Crippen LogP contribution in [-0.2, 0) is 26.1 Å². The largest absolute Gasteiger partial charge is 0.465 e. The van der Waals surface area contributed by atoms with Gasteiger partial charge in [0.1, 0.15) is 6.54 Å². The van der Waals surface area contributed by atoms with Gasteiger partial charge in [-0.2, -0.15) is 4.99 Å². The Morgan fingerprint density at radius 1 is 1.08 bits per heavy atom. The van der Waals surface area contributed by atoms with Gasteiger partial charge in [0.2, 0.25) is 0 Å². The van der Waals surface area contributed by atoms with Gasteiger partial charge in [-0.05, 0) is 74.0 Å². The molecule has 1 N–H and O–H groups in total. The van der Waals surface area contributed by atoms with Crippen molar-refractivity contribution in [3.63, 3.8) is 0 Å². The quantitative estimate of drug-likeness (QED) is 0.338. The van der Waals surface area contributed by atoms with Gasteiger partial charge in [-0.15, -0.1) is 0 Å². The smallest absolute Gasteiger partial charge is 0.326 e. The predicted molar refractivity (Wildman–Crippen MR) is 140 cm³/mol. The highest BCUT2D eigenvalue weighted by molar-refractivity contribution is 7.92. The number of aryl methyl sites for hydroxylation is 1. The fraction of sp³-hybridized carbons (Fsp3) is 0.160. The maximum absolute atomic E-state index is 13.1. The van der Waals surface area contributed by atoms with E-state index in [1.165, 1.54) is 47.7 Å². The summed E-state index contributed by atoms with van der Waals surface area (Å²) in [6.07, 6.45) is 0. The van der Waals surface area contributed by atoms with Crippen molar-refractivity contribution < 1.29 is 22.7 Å². The Labute approximate surface area is 216 Å². The van der Waals surface area contributed by atoms with E-state index in [0.29, 0.717) is 9.82 Å². The van der Waals surface area contributed by atoms with E-state index in [0.717, 1.165) is 15.8 Å². The standard InChI is InChI=1S/C25H22ClN3O5S2/c1-3-34-23(30)15-29-21-12-7-16(2)13-22(21)35-25(29)27-24(31)17-5-4-6-19(14-17)28-36(32,33)20-10-8-18(26)9-11-20/h4-14,28H,3,15H2,1-2H3. The fourth-order valence-corrected chi connectivity index (χ4v) is 5.75. The molecule has 0 fully saturated rings. The van der Waals surface area contributed by atoms with Crippen molar-refractivity contribution in [3.05, 3.63) is 87.7 Å². The summed E-state index contributed by atoms with van der Waals surface area (Å²) >= 11 is 7.12. The zero-order valence-electron chi connectivity index (χ0n) is 19.4. The molecule has 0 radical (unpaired) electrons. The van der Waals surface area contributed by atoms with E-state index in [1.54, 1.807) is 23.6 Å². The van der Waals surface area contributed by atoms with Crippen LogP contribution in [0.2, 0.25) is 5.02 Å². The molecule has 11 heteroatoms. The van der Waals surface area contributed by atoms with Crippen LogP contribution < -0.4 is 9.52 Å². The number of nitrogens with zero attached hydrogens (tertiary/aromatic N) is 2. The number of halogens is 1. The molecule has 0 saturated heterocycles. The Bertz CT molecular complexity index is 1620. The topological polar surface area (TPSA) is 107 Å². The number of aromatic nitrogens is 1. The highest BCUT2D eigenvalue weighted by Gasteiger charge is 2.16. The van der Waals surface area contributed by atoms with Gasteiger partial charge in [0.15, 0.2) is 4.80 Å². The maximum Gasteiger partial charge on any atom is 0.326 e. The SMILES string of the molecule is CCOC(=O)Cn1c(=NC(=O)c2cccc(NS(=O)(=O)c3ccc(Cl)cc3)c2)sc2cc(C)ccc21. The molecule has 0 aliphatic rings. The number of rotatable bonds is 7. The van der Waals surface area contributed by atoms with Gasteiger partial charge in [0.05, 0.1) is 21.7 Å². The first kappa shape index (κ1) is 25.6. The second-order valence-electron chi connectivity index (χ2n) is 7.80. The summed E-state index contributed by atoms with van der Waals surface area (Å²) < 4.78 is 35.5. The molecule has 0 aliphatic heterocycles. The molecule has 8 nitrogen and oxygen atoms in total. The number of fused-ring (bicyclic) bond motifs is 1. The zero-order chi connectivity index (χ0) is 25.9. The van der Waals surface area contributed by atoms with Crippen LogP contribution in [0.3, 0.4) is 0 Å². The van der Waals surface area contributed by atoms with E-state index in [4.69, 9.17) is 16.3 Å². The third kappa shape index (κ3) is 5.84. The minimum atomic E-state index is -3.88. The molecule has 186 valence electrons. The minimum absolute atomic E-state index is 0.0360. The second kappa shape index (κ2) is 10.7. The Hall–Kier alpha value is -3.47. The average molecular weight is 544 g/mol. The Balaban J connectivity index is 1.68. The first-order chi connectivity index (χ1) is 17.2. The van der Waals surface area contributed by atoms with Crippen LogP contribution in [0.25, 0.3) is 10.2 Å². The molecule has 1 amide bonds. The van der Waals surface area contributed by atoms with Crippen molar-refractivity contribution in [2.75, 3.05) is 11.3 Å². The summed E-state index contributed by atoms with van der Waals surface area (Å²) in [5.41, 5.74) is 2.18. The van der Waals surface area contributed by atoms with E-state index in [9.17, 15) is 18.0 Å². The Kier molecular flexibility index (Phi) is 7.58. The number of carbonyl (C=O) groups is 2. The fourth-order valence-electron chi connectivity index (χ4n) is 3.45. The number of hydrogen-bond donors (Lipinski definition) is 1. The molecule has 36 heavy (non-hydrogen) atoms. The van der Waals surface area contributed by atoms with Crippen molar-refractivity contribution in [1.82, 2.24) is 4.57 Å². The maximum atomic E-state index is 13.1. The molecule has 0 aliphatic carbocycles. The Morgan fingerprint density at radius 3 is 2.56 bits per heavy atom. The number of ether oxygens (including phenoxy) is 1. The van der Waals surface area contributed by atoms with E-state index in [1.807, 2.05) is 25.1 Å². The molecular formula is C25H22ClN3O5S2. The number of thiazole rings is 1. The van der Waals surface area contributed by atoms with Crippen LogP contribution in [-0.4, -0.2) is 31.5 Å². The lowest BCUT2D eigenvalue weighted by Crippen LogP contribution is -2.23. The van der Waals surface area contributed by atoms with Gasteiger partial charge >= 0.3 is 5.97 Å². The van der Waals surface area contributed by atoms with Crippen molar-refractivity contribution in [1.29, 1.82) is 0 Å². The summed E-state index contributed by atoms with van der Waals surface area (Å²) in [6.45, 7) is 3.82. The Morgan fingerprint density at radius 2 is 1.83 bits per heavy atom. The van der Waals surface area contributed by atoms with Crippen LogP contribution in [0.1, 0.15) is 22.8 Å². The van der Waals surface area contributed by atoms with Gasteiger partial charge < -0.3 is 9.30 Å². The highest BCUT2D eigenvalue weighted by Crippen LogP contribution is 2.21. The number of nitrogens with one attached hydrogen (secondary N) is 1. The first-order valence-corrected chi connectivity index (χ1v) is 13.6. The zero-order valence-corrected chi connectivity index (χ0v) is 21.8. The molecule has 3 aromatic carbocycles. The number of carbonyl (C=O) groups excluding carboxylic acids is 2. The number of hydrogen-bond acceptors (Lipinski definition) is 6. The van der Waals surface area contributed by atoms with Gasteiger partial charge in [0, 0.05) is 16.3 Å². The van der Waals surface area contributed by atoms with Crippen molar-refractivity contribution in [3.8, 4) is 0 Å². The summed E-state index contributed by atoms with van der Waals surface area (Å²) in [5, 5.41) is 0.416. The van der Waals surface area contributed by atoms with E-state index in [-0.39, 0.29) is 29.3 Å².